The number of aryl methyl sites for hydroxylation is 1. The van der Waals surface area contributed by atoms with E-state index >= 15 is 0 Å². The predicted molar refractivity (Wildman–Crippen MR) is 95.3 cm³/mol. The van der Waals surface area contributed by atoms with Crippen LogP contribution in [0.1, 0.15) is 23.6 Å². The predicted octanol–water partition coefficient (Wildman–Crippen LogP) is 6.17. The number of alkyl halides is 3. The lowest BCUT2D eigenvalue weighted by Crippen LogP contribution is -2.18. The summed E-state index contributed by atoms with van der Waals surface area (Å²) in [5.74, 6) is 0.376. The molecule has 0 amide bonds. The Morgan fingerprint density at radius 2 is 1.68 bits per heavy atom. The standard InChI is InChI=1S/C18H17BrClF3O2/c1-2-12-3-5-13(6-4-12)9-14-10-15(19)17(11-16(14)20)24-7-8-25-18(21,22)23/h3-6,10-11H,2,7-9H2,1H3. The van der Waals surface area contributed by atoms with E-state index in [1.165, 1.54) is 5.56 Å². The Bertz CT molecular complexity index is 703. The van der Waals surface area contributed by atoms with Crippen molar-refractivity contribution in [3.05, 3.63) is 62.6 Å². The van der Waals surface area contributed by atoms with Crippen LogP contribution in [0.5, 0.6) is 5.75 Å². The van der Waals surface area contributed by atoms with Gasteiger partial charge in [-0.1, -0.05) is 42.8 Å². The van der Waals surface area contributed by atoms with Crippen LogP contribution in [0.25, 0.3) is 0 Å². The molecular weight excluding hydrogens is 421 g/mol. The summed E-state index contributed by atoms with van der Waals surface area (Å²) >= 11 is 9.65. The number of ether oxygens (including phenoxy) is 2. The van der Waals surface area contributed by atoms with Gasteiger partial charge in [-0.05, 0) is 51.5 Å². The number of hydrogen-bond acceptors (Lipinski definition) is 2. The largest absolute Gasteiger partial charge is 0.522 e. The van der Waals surface area contributed by atoms with Crippen molar-refractivity contribution in [1.29, 1.82) is 0 Å². The molecular formula is C18H17BrClF3O2. The fourth-order valence-electron chi connectivity index (χ4n) is 2.24. The van der Waals surface area contributed by atoms with Gasteiger partial charge in [0.2, 0.25) is 0 Å². The van der Waals surface area contributed by atoms with Crippen LogP contribution in [0.4, 0.5) is 13.2 Å². The van der Waals surface area contributed by atoms with E-state index in [1.807, 2.05) is 6.07 Å². The molecule has 2 rings (SSSR count). The molecule has 0 saturated heterocycles. The summed E-state index contributed by atoms with van der Waals surface area (Å²) in [6.45, 7) is 1.28. The number of hydrogen-bond donors (Lipinski definition) is 0. The van der Waals surface area contributed by atoms with Gasteiger partial charge >= 0.3 is 6.36 Å². The van der Waals surface area contributed by atoms with E-state index in [2.05, 4.69) is 51.9 Å². The Kier molecular flexibility index (Phi) is 7.16. The maximum absolute atomic E-state index is 11.9. The second-order valence-corrected chi connectivity index (χ2v) is 6.63. The molecule has 0 aromatic heterocycles. The first kappa shape index (κ1) is 20.1. The second kappa shape index (κ2) is 8.92. The van der Waals surface area contributed by atoms with Crippen LogP contribution < -0.4 is 4.74 Å². The Morgan fingerprint density at radius 3 is 2.28 bits per heavy atom. The highest BCUT2D eigenvalue weighted by Crippen LogP contribution is 2.33. The summed E-state index contributed by atoms with van der Waals surface area (Å²) in [7, 11) is 0. The van der Waals surface area contributed by atoms with E-state index in [-0.39, 0.29) is 6.61 Å². The van der Waals surface area contributed by atoms with Crippen molar-refractivity contribution in [2.24, 2.45) is 0 Å². The molecule has 2 nitrogen and oxygen atoms in total. The van der Waals surface area contributed by atoms with Crippen molar-refractivity contribution < 1.29 is 22.6 Å². The summed E-state index contributed by atoms with van der Waals surface area (Å²) in [4.78, 5) is 0. The van der Waals surface area contributed by atoms with E-state index in [4.69, 9.17) is 16.3 Å². The van der Waals surface area contributed by atoms with Gasteiger partial charge in [0, 0.05) is 11.1 Å². The molecule has 0 saturated carbocycles. The van der Waals surface area contributed by atoms with Gasteiger partial charge in [-0.25, -0.2) is 0 Å². The maximum atomic E-state index is 11.9. The summed E-state index contributed by atoms with van der Waals surface area (Å²) in [5.41, 5.74) is 3.29. The fraction of sp³-hybridized carbons (Fsp3) is 0.333. The highest BCUT2D eigenvalue weighted by molar-refractivity contribution is 9.10. The lowest BCUT2D eigenvalue weighted by atomic mass is 10.0. The quantitative estimate of drug-likeness (QED) is 0.482. The van der Waals surface area contributed by atoms with Gasteiger partial charge in [0.1, 0.15) is 12.4 Å². The molecule has 0 N–H and O–H groups in total. The van der Waals surface area contributed by atoms with Crippen LogP contribution in [0.3, 0.4) is 0 Å². The molecule has 0 spiro atoms. The highest BCUT2D eigenvalue weighted by atomic mass is 79.9. The third-order valence-electron chi connectivity index (χ3n) is 3.53. The molecule has 2 aromatic carbocycles. The van der Waals surface area contributed by atoms with Crippen molar-refractivity contribution in [1.82, 2.24) is 0 Å². The van der Waals surface area contributed by atoms with Crippen molar-refractivity contribution >= 4 is 27.5 Å². The molecule has 0 heterocycles. The van der Waals surface area contributed by atoms with E-state index in [9.17, 15) is 13.2 Å². The number of benzene rings is 2. The van der Waals surface area contributed by atoms with Crippen molar-refractivity contribution in [3.63, 3.8) is 0 Å². The minimum atomic E-state index is -4.66. The van der Waals surface area contributed by atoms with Gasteiger partial charge in [-0.15, -0.1) is 13.2 Å². The van der Waals surface area contributed by atoms with Crippen molar-refractivity contribution in [2.75, 3.05) is 13.2 Å². The molecule has 136 valence electrons. The van der Waals surface area contributed by atoms with E-state index in [0.717, 1.165) is 17.5 Å². The van der Waals surface area contributed by atoms with Crippen LogP contribution in [-0.4, -0.2) is 19.6 Å². The highest BCUT2D eigenvalue weighted by Gasteiger charge is 2.28. The lowest BCUT2D eigenvalue weighted by molar-refractivity contribution is -0.325. The Hall–Kier alpha value is -1.24. The van der Waals surface area contributed by atoms with Crippen LogP contribution in [-0.2, 0) is 17.6 Å². The smallest absolute Gasteiger partial charge is 0.490 e. The van der Waals surface area contributed by atoms with Crippen LogP contribution in [0.15, 0.2) is 40.9 Å². The van der Waals surface area contributed by atoms with Crippen LogP contribution in [0, 0.1) is 0 Å². The molecule has 2 aromatic rings. The van der Waals surface area contributed by atoms with Gasteiger partial charge in [0.05, 0.1) is 11.1 Å². The minimum absolute atomic E-state index is 0.230. The normalized spacial score (nSPS) is 11.6. The van der Waals surface area contributed by atoms with E-state index < -0.39 is 13.0 Å². The average Bonchev–Trinajstić information content (AvgIpc) is 2.55. The molecule has 0 fully saturated rings. The van der Waals surface area contributed by atoms with Gasteiger partial charge in [-0.3, -0.25) is 4.74 Å². The van der Waals surface area contributed by atoms with E-state index in [1.54, 1.807) is 6.07 Å². The average molecular weight is 438 g/mol. The Balaban J connectivity index is 2.00. The molecule has 25 heavy (non-hydrogen) atoms. The molecule has 0 atom stereocenters. The first-order valence-corrected chi connectivity index (χ1v) is 8.85. The van der Waals surface area contributed by atoms with Gasteiger partial charge < -0.3 is 4.74 Å². The van der Waals surface area contributed by atoms with Crippen molar-refractivity contribution in [2.45, 2.75) is 26.1 Å². The SMILES string of the molecule is CCc1ccc(Cc2cc(Br)c(OCCOC(F)(F)F)cc2Cl)cc1. The summed E-state index contributed by atoms with van der Waals surface area (Å²) in [6, 6.07) is 11.7. The zero-order chi connectivity index (χ0) is 18.4. The molecule has 0 aliphatic rings. The zero-order valence-corrected chi connectivity index (χ0v) is 15.8. The van der Waals surface area contributed by atoms with Gasteiger partial charge in [0.15, 0.2) is 0 Å². The third kappa shape index (κ3) is 6.53. The maximum Gasteiger partial charge on any atom is 0.522 e. The number of halogens is 5. The summed E-state index contributed by atoms with van der Waals surface area (Å²) in [6.07, 6.45) is -3.02. The first-order valence-electron chi connectivity index (χ1n) is 7.67. The first-order chi connectivity index (χ1) is 11.8. The topological polar surface area (TPSA) is 18.5 Å². The second-order valence-electron chi connectivity index (χ2n) is 5.36. The summed E-state index contributed by atoms with van der Waals surface area (Å²) < 4.78 is 45.4. The molecule has 0 radical (unpaired) electrons. The molecule has 0 aliphatic heterocycles. The molecule has 0 unspecified atom stereocenters. The lowest BCUT2D eigenvalue weighted by Gasteiger charge is -2.13. The molecule has 7 heteroatoms. The van der Waals surface area contributed by atoms with Gasteiger partial charge in [0.25, 0.3) is 0 Å². The molecule has 0 bridgehead atoms. The Labute approximate surface area is 158 Å². The monoisotopic (exact) mass is 436 g/mol. The van der Waals surface area contributed by atoms with Crippen LogP contribution >= 0.6 is 27.5 Å². The summed E-state index contributed by atoms with van der Waals surface area (Å²) in [5, 5.41) is 0.495. The van der Waals surface area contributed by atoms with E-state index in [0.29, 0.717) is 21.7 Å². The minimum Gasteiger partial charge on any atom is -0.490 e. The van der Waals surface area contributed by atoms with Crippen LogP contribution in [0.2, 0.25) is 5.02 Å². The Morgan fingerprint density at radius 1 is 1.04 bits per heavy atom. The van der Waals surface area contributed by atoms with Gasteiger partial charge in [-0.2, -0.15) is 0 Å². The third-order valence-corrected chi connectivity index (χ3v) is 4.50. The fourth-order valence-corrected chi connectivity index (χ4v) is 2.96. The van der Waals surface area contributed by atoms with Crippen molar-refractivity contribution in [3.8, 4) is 5.75 Å². The number of rotatable bonds is 7. The molecule has 0 aliphatic carbocycles. The zero-order valence-electron chi connectivity index (χ0n) is 13.5.